The number of hydrazine groups is 2. The highest BCUT2D eigenvalue weighted by atomic mass is 35.5. The maximum absolute atomic E-state index is 14.7. The summed E-state index contributed by atoms with van der Waals surface area (Å²) in [7, 11) is 0. The van der Waals surface area contributed by atoms with Crippen LogP contribution in [0.3, 0.4) is 0 Å². The first-order valence-corrected chi connectivity index (χ1v) is 17.8. The Morgan fingerprint density at radius 1 is 1.00 bits per heavy atom. The molecule has 2 aliphatic carbocycles. The van der Waals surface area contributed by atoms with Gasteiger partial charge in [-0.2, -0.15) is 0 Å². The molecule has 0 bridgehead atoms. The Kier molecular flexibility index (Phi) is 9.55. The lowest BCUT2D eigenvalue weighted by atomic mass is 9.76. The van der Waals surface area contributed by atoms with Crippen molar-refractivity contribution in [3.63, 3.8) is 0 Å². The van der Waals surface area contributed by atoms with Crippen LogP contribution < -0.4 is 26.5 Å². The Balaban J connectivity index is 1.17. The van der Waals surface area contributed by atoms with E-state index >= 15 is 0 Å². The standard InChI is InChI=1S/C37H41Cl2N7O3/c1-22(2)24-14-16-37(17-15-24)41-32(28-18-29(38)34(30(39)19-28)49-21-23-6-4-3-5-7-23)36(48)46(37)33(25-8-9-25)26-10-12-27(13-11-26)35(47)40-20-31-42-44-45-43-31/h3-7,10-13,18-19,22,24-25,33,44-45H,8-9,14-17,20-21H2,1-2H3,(H,40,47)(H,42,43)/t24?,33-,37?/m1/s1. The second-order valence-electron chi connectivity index (χ2n) is 13.8. The summed E-state index contributed by atoms with van der Waals surface area (Å²) >= 11 is 13.5. The number of halogens is 2. The number of benzene rings is 3. The number of rotatable bonds is 11. The quantitative estimate of drug-likeness (QED) is 0.180. The lowest BCUT2D eigenvalue weighted by Crippen LogP contribution is -2.51. The van der Waals surface area contributed by atoms with Crippen molar-refractivity contribution in [3.05, 3.63) is 99.0 Å². The van der Waals surface area contributed by atoms with Gasteiger partial charge in [0.25, 0.3) is 11.8 Å². The minimum atomic E-state index is -0.667. The maximum atomic E-state index is 14.7. The monoisotopic (exact) mass is 701 g/mol. The van der Waals surface area contributed by atoms with E-state index in [1.807, 2.05) is 54.6 Å². The summed E-state index contributed by atoms with van der Waals surface area (Å²) < 4.78 is 6.02. The fourth-order valence-corrected chi connectivity index (χ4v) is 7.92. The van der Waals surface area contributed by atoms with Crippen molar-refractivity contribution in [2.24, 2.45) is 27.8 Å². The number of carbonyl (C=O) groups excluding carboxylic acids is 2. The summed E-state index contributed by atoms with van der Waals surface area (Å²) in [5.74, 6) is 2.10. The van der Waals surface area contributed by atoms with Crippen LogP contribution in [0, 0.1) is 17.8 Å². The Labute approximate surface area is 296 Å². The van der Waals surface area contributed by atoms with Crippen LogP contribution in [0.2, 0.25) is 10.0 Å². The van der Waals surface area contributed by atoms with Gasteiger partial charge in [0.1, 0.15) is 18.0 Å². The first-order valence-electron chi connectivity index (χ1n) is 17.0. The molecule has 2 saturated carbocycles. The van der Waals surface area contributed by atoms with Crippen molar-refractivity contribution in [1.82, 2.24) is 26.7 Å². The van der Waals surface area contributed by atoms with E-state index in [0.717, 1.165) is 49.7 Å². The van der Waals surface area contributed by atoms with Gasteiger partial charge in [0.2, 0.25) is 0 Å². The molecule has 4 aliphatic rings. The molecule has 1 atom stereocenters. The largest absolute Gasteiger partial charge is 0.486 e. The number of amidine groups is 1. The van der Waals surface area contributed by atoms with Crippen LogP contribution in [-0.2, 0) is 11.4 Å². The second-order valence-corrected chi connectivity index (χ2v) is 14.6. The number of hydrogen-bond acceptors (Lipinski definition) is 8. The number of aliphatic imine (C=N–C) groups is 1. The topological polar surface area (TPSA) is 119 Å². The Hall–Kier alpha value is -4.12. The molecule has 2 amide bonds. The number of hydrogen-bond donors (Lipinski definition) is 4. The zero-order valence-electron chi connectivity index (χ0n) is 27.6. The molecule has 2 aliphatic heterocycles. The van der Waals surface area contributed by atoms with Crippen molar-refractivity contribution >= 4 is 46.6 Å². The van der Waals surface area contributed by atoms with Crippen molar-refractivity contribution < 1.29 is 14.3 Å². The number of hydrazone groups is 1. The SMILES string of the molecule is CC(C)C1CCC2(CC1)N=C(c1cc(Cl)c(OCc3ccccc3)c(Cl)c1)C(=O)N2[C@@H](c1ccc(C(=O)NCC2=NNNN2)cc1)C1CC1. The van der Waals surface area contributed by atoms with Gasteiger partial charge in [-0.15, -0.1) is 10.6 Å². The van der Waals surface area contributed by atoms with E-state index in [0.29, 0.717) is 62.8 Å². The first-order chi connectivity index (χ1) is 23.7. The van der Waals surface area contributed by atoms with Gasteiger partial charge in [0, 0.05) is 11.1 Å². The molecule has 7 rings (SSSR count). The highest BCUT2D eigenvalue weighted by Gasteiger charge is 2.55. The Bertz CT molecular complexity index is 1750. The first kappa shape index (κ1) is 33.4. The molecule has 256 valence electrons. The molecule has 3 aromatic carbocycles. The molecule has 0 aromatic heterocycles. The lowest BCUT2D eigenvalue weighted by Gasteiger charge is -2.46. The van der Waals surface area contributed by atoms with Crippen molar-refractivity contribution in [3.8, 4) is 5.75 Å². The van der Waals surface area contributed by atoms with Crippen LogP contribution in [0.5, 0.6) is 5.75 Å². The predicted octanol–water partition coefficient (Wildman–Crippen LogP) is 6.55. The molecular weight excluding hydrogens is 661 g/mol. The van der Waals surface area contributed by atoms with Crippen molar-refractivity contribution in [1.29, 1.82) is 0 Å². The summed E-state index contributed by atoms with van der Waals surface area (Å²) in [5.41, 5.74) is 10.9. The number of nitrogens with zero attached hydrogens (tertiary/aromatic N) is 3. The third-order valence-corrected chi connectivity index (χ3v) is 10.8. The molecule has 2 fully saturated rings. The lowest BCUT2D eigenvalue weighted by molar-refractivity contribution is -0.134. The number of nitrogens with one attached hydrogen (secondary N) is 4. The zero-order chi connectivity index (χ0) is 34.1. The van der Waals surface area contributed by atoms with E-state index in [4.69, 9.17) is 32.9 Å². The fraction of sp³-hybridized carbons (Fsp3) is 0.405. The molecule has 4 N–H and O–H groups in total. The molecule has 49 heavy (non-hydrogen) atoms. The van der Waals surface area contributed by atoms with E-state index in [1.165, 1.54) is 0 Å². The van der Waals surface area contributed by atoms with Crippen LogP contribution >= 0.6 is 23.2 Å². The fourth-order valence-electron chi connectivity index (χ4n) is 7.32. The number of amides is 2. The molecule has 0 unspecified atom stereocenters. The van der Waals surface area contributed by atoms with E-state index in [9.17, 15) is 9.59 Å². The normalized spacial score (nSPS) is 22.4. The average molecular weight is 703 g/mol. The van der Waals surface area contributed by atoms with Gasteiger partial charge >= 0.3 is 0 Å². The van der Waals surface area contributed by atoms with Gasteiger partial charge in [-0.3, -0.25) is 20.0 Å². The smallest absolute Gasteiger partial charge is 0.275 e. The summed E-state index contributed by atoms with van der Waals surface area (Å²) in [6.45, 7) is 5.12. The molecule has 0 saturated heterocycles. The van der Waals surface area contributed by atoms with Crippen LogP contribution in [0.15, 0.2) is 76.8 Å². The van der Waals surface area contributed by atoms with Gasteiger partial charge in [-0.05, 0) is 91.7 Å². The Morgan fingerprint density at radius 3 is 2.31 bits per heavy atom. The van der Waals surface area contributed by atoms with Gasteiger partial charge in [-0.1, -0.05) is 79.5 Å². The Morgan fingerprint density at radius 2 is 1.69 bits per heavy atom. The van der Waals surface area contributed by atoms with Crippen molar-refractivity contribution in [2.75, 3.05) is 6.54 Å². The van der Waals surface area contributed by atoms with Gasteiger partial charge in [0.15, 0.2) is 11.6 Å². The summed E-state index contributed by atoms with van der Waals surface area (Å²) in [5, 5.41) is 7.54. The second kappa shape index (κ2) is 14.0. The van der Waals surface area contributed by atoms with Crippen LogP contribution in [0.1, 0.15) is 85.5 Å². The van der Waals surface area contributed by atoms with E-state index in [2.05, 4.69) is 45.7 Å². The van der Waals surface area contributed by atoms with Gasteiger partial charge in [-0.25, -0.2) is 5.53 Å². The van der Waals surface area contributed by atoms with Crippen LogP contribution in [0.25, 0.3) is 0 Å². The molecular formula is C37H41Cl2N7O3. The van der Waals surface area contributed by atoms with E-state index in [1.54, 1.807) is 12.1 Å². The minimum absolute atomic E-state index is 0.112. The molecule has 0 radical (unpaired) electrons. The third-order valence-electron chi connectivity index (χ3n) is 10.2. The highest BCUT2D eigenvalue weighted by Crippen LogP contribution is 2.53. The summed E-state index contributed by atoms with van der Waals surface area (Å²) in [6.07, 6.45) is 5.62. The molecule has 12 heteroatoms. The van der Waals surface area contributed by atoms with Crippen LogP contribution in [-0.4, -0.2) is 40.5 Å². The maximum Gasteiger partial charge on any atom is 0.275 e. The van der Waals surface area contributed by atoms with Gasteiger partial charge in [0.05, 0.1) is 22.6 Å². The molecule has 10 nitrogen and oxygen atoms in total. The minimum Gasteiger partial charge on any atom is -0.486 e. The van der Waals surface area contributed by atoms with Gasteiger partial charge < -0.3 is 15.0 Å². The predicted molar refractivity (Wildman–Crippen MR) is 191 cm³/mol. The molecule has 3 aromatic rings. The zero-order valence-corrected chi connectivity index (χ0v) is 29.2. The van der Waals surface area contributed by atoms with Crippen LogP contribution in [0.4, 0.5) is 0 Å². The van der Waals surface area contributed by atoms with E-state index in [-0.39, 0.29) is 24.4 Å². The number of ether oxygens (including phenoxy) is 1. The summed E-state index contributed by atoms with van der Waals surface area (Å²) in [4.78, 5) is 35.0. The van der Waals surface area contributed by atoms with Crippen molar-refractivity contribution in [2.45, 2.75) is 70.7 Å². The highest BCUT2D eigenvalue weighted by molar-refractivity contribution is 6.48. The van der Waals surface area contributed by atoms with E-state index < -0.39 is 5.66 Å². The summed E-state index contributed by atoms with van der Waals surface area (Å²) in [6, 6.07) is 20.8. The third kappa shape index (κ3) is 7.00. The molecule has 2 heterocycles. The average Bonchev–Trinajstić information content (AvgIpc) is 3.73. The number of carbonyl (C=O) groups is 2. The molecule has 1 spiro atoms.